The van der Waals surface area contributed by atoms with Gasteiger partial charge in [0.25, 0.3) is 0 Å². The van der Waals surface area contributed by atoms with Gasteiger partial charge in [-0.15, -0.1) is 0 Å². The van der Waals surface area contributed by atoms with E-state index in [0.717, 1.165) is 17.6 Å². The van der Waals surface area contributed by atoms with Crippen LogP contribution in [0.4, 0.5) is 5.69 Å². The molecule has 1 heterocycles. The number of benzene rings is 1. The number of anilines is 1. The van der Waals surface area contributed by atoms with Gasteiger partial charge in [-0.3, -0.25) is 0 Å². The number of nitrogens with zero attached hydrogens (tertiary/aromatic N) is 1. The van der Waals surface area contributed by atoms with Crippen molar-refractivity contribution in [1.82, 2.24) is 0 Å². The van der Waals surface area contributed by atoms with Crippen LogP contribution in [0.5, 0.6) is 5.75 Å². The van der Waals surface area contributed by atoms with E-state index >= 15 is 0 Å². The van der Waals surface area contributed by atoms with Crippen LogP contribution in [0.15, 0.2) is 18.2 Å². The lowest BCUT2D eigenvalue weighted by molar-refractivity contribution is 0.351. The number of hydrogen-bond acceptors (Lipinski definition) is 2. The van der Waals surface area contributed by atoms with Gasteiger partial charge in [-0.05, 0) is 42.2 Å². The van der Waals surface area contributed by atoms with Gasteiger partial charge in [0, 0.05) is 24.8 Å². The summed E-state index contributed by atoms with van der Waals surface area (Å²) >= 11 is 0. The third-order valence-corrected chi connectivity index (χ3v) is 4.97. The molecule has 22 heavy (non-hydrogen) atoms. The van der Waals surface area contributed by atoms with E-state index in [1.165, 1.54) is 50.0 Å². The van der Waals surface area contributed by atoms with E-state index in [4.69, 9.17) is 4.74 Å². The van der Waals surface area contributed by atoms with E-state index in [-0.39, 0.29) is 0 Å². The molecule has 0 atom stereocenters. The highest BCUT2D eigenvalue weighted by Gasteiger charge is 2.20. The third-order valence-electron chi connectivity index (χ3n) is 4.97. The molecule has 0 spiro atoms. The predicted octanol–water partition coefficient (Wildman–Crippen LogP) is 5.47. The average Bonchev–Trinajstić information content (AvgIpc) is 2.52. The Balaban J connectivity index is 1.96. The maximum absolute atomic E-state index is 5.60. The van der Waals surface area contributed by atoms with Crippen molar-refractivity contribution < 1.29 is 4.74 Å². The molecule has 1 aromatic carbocycles. The maximum Gasteiger partial charge on any atom is 0.124 e. The standard InChI is InChI=1S/C20H33NO/c1-15(2)6-7-17-10-12-21(13-11-17)18-8-9-19(16(3)4)20(14-18)22-5/h8-9,14-17H,6-7,10-13H2,1-5H3. The molecule has 1 fully saturated rings. The lowest BCUT2D eigenvalue weighted by Crippen LogP contribution is -2.33. The summed E-state index contributed by atoms with van der Waals surface area (Å²) in [6.07, 6.45) is 5.45. The Kier molecular flexibility index (Phi) is 6.16. The van der Waals surface area contributed by atoms with Crippen molar-refractivity contribution in [2.24, 2.45) is 11.8 Å². The second kappa shape index (κ2) is 7.89. The summed E-state index contributed by atoms with van der Waals surface area (Å²) in [5.74, 6) is 3.31. The summed E-state index contributed by atoms with van der Waals surface area (Å²) in [7, 11) is 1.78. The fourth-order valence-electron chi connectivity index (χ4n) is 3.42. The lowest BCUT2D eigenvalue weighted by Gasteiger charge is -2.34. The van der Waals surface area contributed by atoms with Gasteiger partial charge in [0.15, 0.2) is 0 Å². The van der Waals surface area contributed by atoms with Crippen LogP contribution in [0.1, 0.15) is 64.9 Å². The smallest absolute Gasteiger partial charge is 0.124 e. The van der Waals surface area contributed by atoms with Crippen LogP contribution in [0, 0.1) is 11.8 Å². The first-order valence-electron chi connectivity index (χ1n) is 8.94. The number of ether oxygens (including phenoxy) is 1. The minimum absolute atomic E-state index is 0.505. The van der Waals surface area contributed by atoms with Crippen LogP contribution in [-0.4, -0.2) is 20.2 Å². The molecule has 1 saturated heterocycles. The first-order valence-corrected chi connectivity index (χ1v) is 8.94. The number of piperidine rings is 1. The van der Waals surface area contributed by atoms with E-state index in [9.17, 15) is 0 Å². The summed E-state index contributed by atoms with van der Waals surface area (Å²) in [5.41, 5.74) is 2.63. The Hall–Kier alpha value is -1.18. The summed E-state index contributed by atoms with van der Waals surface area (Å²) in [6.45, 7) is 11.5. The van der Waals surface area contributed by atoms with Crippen molar-refractivity contribution in [3.8, 4) is 5.75 Å². The van der Waals surface area contributed by atoms with Gasteiger partial charge >= 0.3 is 0 Å². The molecule has 0 amide bonds. The largest absolute Gasteiger partial charge is 0.496 e. The zero-order valence-corrected chi connectivity index (χ0v) is 15.1. The Morgan fingerprint density at radius 3 is 2.36 bits per heavy atom. The van der Waals surface area contributed by atoms with Gasteiger partial charge in [-0.2, -0.15) is 0 Å². The van der Waals surface area contributed by atoms with E-state index in [1.54, 1.807) is 7.11 Å². The van der Waals surface area contributed by atoms with E-state index in [1.807, 2.05) is 0 Å². The molecule has 0 saturated carbocycles. The van der Waals surface area contributed by atoms with Crippen LogP contribution in [-0.2, 0) is 0 Å². The van der Waals surface area contributed by atoms with Crippen molar-refractivity contribution in [3.05, 3.63) is 23.8 Å². The first-order chi connectivity index (χ1) is 10.5. The molecule has 2 rings (SSSR count). The molecular weight excluding hydrogens is 270 g/mol. The molecule has 0 aliphatic carbocycles. The normalized spacial score (nSPS) is 16.6. The zero-order chi connectivity index (χ0) is 16.1. The van der Waals surface area contributed by atoms with Crippen molar-refractivity contribution in [3.63, 3.8) is 0 Å². The van der Waals surface area contributed by atoms with E-state index < -0.39 is 0 Å². The SMILES string of the molecule is COc1cc(N2CCC(CCC(C)C)CC2)ccc1C(C)C. The second-order valence-corrected chi connectivity index (χ2v) is 7.48. The van der Waals surface area contributed by atoms with Crippen molar-refractivity contribution in [2.75, 3.05) is 25.1 Å². The molecule has 0 aromatic heterocycles. The van der Waals surface area contributed by atoms with E-state index in [0.29, 0.717) is 5.92 Å². The first kappa shape index (κ1) is 17.2. The molecule has 2 heteroatoms. The number of rotatable bonds is 6. The summed E-state index contributed by atoms with van der Waals surface area (Å²) < 4.78 is 5.60. The molecule has 1 aromatic rings. The third kappa shape index (κ3) is 4.41. The molecular formula is C20H33NO. The number of hydrogen-bond donors (Lipinski definition) is 0. The highest BCUT2D eigenvalue weighted by atomic mass is 16.5. The monoisotopic (exact) mass is 303 g/mol. The molecule has 1 aliphatic heterocycles. The summed E-state index contributed by atoms with van der Waals surface area (Å²) in [4.78, 5) is 2.53. The van der Waals surface area contributed by atoms with Crippen molar-refractivity contribution in [1.29, 1.82) is 0 Å². The van der Waals surface area contributed by atoms with Gasteiger partial charge in [-0.1, -0.05) is 46.6 Å². The van der Waals surface area contributed by atoms with Gasteiger partial charge in [-0.25, -0.2) is 0 Å². The Morgan fingerprint density at radius 1 is 1.14 bits per heavy atom. The zero-order valence-electron chi connectivity index (χ0n) is 15.1. The quantitative estimate of drug-likeness (QED) is 0.691. The fraction of sp³-hybridized carbons (Fsp3) is 0.700. The summed E-state index contributed by atoms with van der Waals surface area (Å²) in [5, 5.41) is 0. The predicted molar refractivity (Wildman–Crippen MR) is 96.1 cm³/mol. The Morgan fingerprint density at radius 2 is 1.82 bits per heavy atom. The molecule has 0 unspecified atom stereocenters. The molecule has 0 bridgehead atoms. The minimum Gasteiger partial charge on any atom is -0.496 e. The van der Waals surface area contributed by atoms with Crippen LogP contribution in [0.3, 0.4) is 0 Å². The highest BCUT2D eigenvalue weighted by Crippen LogP contribution is 2.33. The van der Waals surface area contributed by atoms with Crippen molar-refractivity contribution >= 4 is 5.69 Å². The molecule has 0 radical (unpaired) electrons. The maximum atomic E-state index is 5.60. The second-order valence-electron chi connectivity index (χ2n) is 7.48. The average molecular weight is 303 g/mol. The van der Waals surface area contributed by atoms with Crippen LogP contribution in [0.25, 0.3) is 0 Å². The van der Waals surface area contributed by atoms with Crippen LogP contribution >= 0.6 is 0 Å². The number of methoxy groups -OCH3 is 1. The molecule has 1 aliphatic rings. The Labute approximate surface area is 136 Å². The summed E-state index contributed by atoms with van der Waals surface area (Å²) in [6, 6.07) is 6.74. The van der Waals surface area contributed by atoms with Crippen molar-refractivity contribution in [2.45, 2.75) is 59.3 Å². The molecule has 2 nitrogen and oxygen atoms in total. The fourth-order valence-corrected chi connectivity index (χ4v) is 3.42. The van der Waals surface area contributed by atoms with Crippen LogP contribution in [0.2, 0.25) is 0 Å². The lowest BCUT2D eigenvalue weighted by atomic mass is 9.89. The van der Waals surface area contributed by atoms with Gasteiger partial charge < -0.3 is 9.64 Å². The molecule has 0 N–H and O–H groups in total. The van der Waals surface area contributed by atoms with Crippen LogP contribution < -0.4 is 9.64 Å². The molecule has 124 valence electrons. The minimum atomic E-state index is 0.505. The van der Waals surface area contributed by atoms with Gasteiger partial charge in [0.1, 0.15) is 5.75 Å². The highest BCUT2D eigenvalue weighted by molar-refractivity contribution is 5.54. The topological polar surface area (TPSA) is 12.5 Å². The Bertz CT molecular complexity index is 459. The van der Waals surface area contributed by atoms with E-state index in [2.05, 4.69) is 50.8 Å². The van der Waals surface area contributed by atoms with Gasteiger partial charge in [0.05, 0.1) is 7.11 Å². The van der Waals surface area contributed by atoms with Gasteiger partial charge in [0.2, 0.25) is 0 Å².